The van der Waals surface area contributed by atoms with Gasteiger partial charge in [0.05, 0.1) is 0 Å². The summed E-state index contributed by atoms with van der Waals surface area (Å²) in [6, 6.07) is 0. The van der Waals surface area contributed by atoms with Gasteiger partial charge < -0.3 is 5.32 Å². The quantitative estimate of drug-likeness (QED) is 0.470. The Morgan fingerprint density at radius 1 is 1.73 bits per heavy atom. The summed E-state index contributed by atoms with van der Waals surface area (Å²) < 4.78 is 0. The molecule has 62 valence electrons. The fraction of sp³-hybridized carbons (Fsp3) is 0.444. The maximum atomic E-state index is 9.93. The summed E-state index contributed by atoms with van der Waals surface area (Å²) in [5, 5.41) is 2.61. The normalized spacial score (nSPS) is 12.9. The molecule has 11 heavy (non-hydrogen) atoms. The highest BCUT2D eigenvalue weighted by atomic mass is 16.1. The van der Waals surface area contributed by atoms with Crippen molar-refractivity contribution in [3.63, 3.8) is 0 Å². The summed E-state index contributed by atoms with van der Waals surface area (Å²) in [5.74, 6) is 0.316. The molecule has 0 saturated carbocycles. The Balaban J connectivity index is 3.72. The van der Waals surface area contributed by atoms with Gasteiger partial charge in [0.15, 0.2) is 0 Å². The molecule has 0 aliphatic rings. The van der Waals surface area contributed by atoms with E-state index in [0.717, 1.165) is 5.57 Å². The van der Waals surface area contributed by atoms with Crippen molar-refractivity contribution in [2.75, 3.05) is 6.54 Å². The summed E-state index contributed by atoms with van der Waals surface area (Å²) in [7, 11) is 0. The van der Waals surface area contributed by atoms with Crippen molar-refractivity contribution in [3.05, 3.63) is 24.3 Å². The summed E-state index contributed by atoms with van der Waals surface area (Å²) >= 11 is 0. The van der Waals surface area contributed by atoms with Crippen LogP contribution >= 0.6 is 0 Å². The number of carbonyl (C=O) groups is 1. The molecule has 0 bridgehead atoms. The molecule has 0 spiro atoms. The fourth-order valence-corrected chi connectivity index (χ4v) is 0.734. The first kappa shape index (κ1) is 9.95. The Bertz CT molecular complexity index is 161. The van der Waals surface area contributed by atoms with E-state index in [2.05, 4.69) is 11.9 Å². The van der Waals surface area contributed by atoms with Gasteiger partial charge in [-0.15, -0.1) is 0 Å². The molecule has 0 heterocycles. The molecule has 0 aliphatic heterocycles. The summed E-state index contributed by atoms with van der Waals surface area (Å²) in [4.78, 5) is 9.93. The summed E-state index contributed by atoms with van der Waals surface area (Å²) in [6.07, 6.45) is 4.61. The Hall–Kier alpha value is -1.05. The van der Waals surface area contributed by atoms with Crippen molar-refractivity contribution in [2.24, 2.45) is 5.92 Å². The lowest BCUT2D eigenvalue weighted by Crippen LogP contribution is -2.19. The van der Waals surface area contributed by atoms with Gasteiger partial charge in [-0.05, 0) is 12.8 Å². The minimum Gasteiger partial charge on any atom is -0.358 e. The molecule has 1 atom stereocenters. The van der Waals surface area contributed by atoms with Crippen molar-refractivity contribution in [1.82, 2.24) is 5.32 Å². The first-order valence-corrected chi connectivity index (χ1v) is 3.71. The highest BCUT2D eigenvalue weighted by Crippen LogP contribution is 2.07. The smallest absolute Gasteiger partial charge is 0.207 e. The van der Waals surface area contributed by atoms with E-state index in [1.165, 1.54) is 0 Å². The van der Waals surface area contributed by atoms with E-state index < -0.39 is 0 Å². The third-order valence-corrected chi connectivity index (χ3v) is 1.52. The van der Waals surface area contributed by atoms with Crippen LogP contribution < -0.4 is 5.32 Å². The lowest BCUT2D eigenvalue weighted by atomic mass is 10.0. The predicted octanol–water partition coefficient (Wildman–Crippen LogP) is 1.50. The van der Waals surface area contributed by atoms with Crippen molar-refractivity contribution < 1.29 is 4.79 Å². The number of hydrogen-bond donors (Lipinski definition) is 1. The topological polar surface area (TPSA) is 29.1 Å². The zero-order chi connectivity index (χ0) is 8.69. The number of rotatable bonds is 5. The molecular formula is C9H15NO. The number of nitrogens with one attached hydrogen (secondary N) is 1. The molecule has 2 nitrogen and oxygen atoms in total. The van der Waals surface area contributed by atoms with E-state index in [4.69, 9.17) is 0 Å². The van der Waals surface area contributed by atoms with Crippen LogP contribution in [0.25, 0.3) is 0 Å². The lowest BCUT2D eigenvalue weighted by Gasteiger charge is -2.09. The fourth-order valence-electron chi connectivity index (χ4n) is 0.734. The van der Waals surface area contributed by atoms with Gasteiger partial charge in [0.1, 0.15) is 0 Å². The molecule has 1 N–H and O–H groups in total. The number of allylic oxidation sites excluding steroid dienone is 2. The van der Waals surface area contributed by atoms with Crippen LogP contribution in [0.3, 0.4) is 0 Å². The average Bonchev–Trinajstić information content (AvgIpc) is 2.00. The predicted molar refractivity (Wildman–Crippen MR) is 47.2 cm³/mol. The van der Waals surface area contributed by atoms with Crippen LogP contribution in [0, 0.1) is 5.92 Å². The SMILES string of the molecule is C=C(/C=C\C)C(C)CNC=O. The molecule has 0 aromatic heterocycles. The molecular weight excluding hydrogens is 138 g/mol. The first-order chi connectivity index (χ1) is 5.22. The van der Waals surface area contributed by atoms with Crippen LogP contribution in [0.1, 0.15) is 13.8 Å². The van der Waals surface area contributed by atoms with E-state index in [9.17, 15) is 4.79 Å². The molecule has 1 amide bonds. The molecule has 2 heteroatoms. The summed E-state index contributed by atoms with van der Waals surface area (Å²) in [5.41, 5.74) is 1.04. The van der Waals surface area contributed by atoms with Gasteiger partial charge in [0.2, 0.25) is 6.41 Å². The van der Waals surface area contributed by atoms with Crippen molar-refractivity contribution in [2.45, 2.75) is 13.8 Å². The van der Waals surface area contributed by atoms with Gasteiger partial charge in [-0.3, -0.25) is 4.79 Å². The summed E-state index contributed by atoms with van der Waals surface area (Å²) in [6.45, 7) is 8.49. The maximum absolute atomic E-state index is 9.93. The molecule has 0 aromatic carbocycles. The minimum atomic E-state index is 0.316. The van der Waals surface area contributed by atoms with Crippen LogP contribution in [-0.2, 0) is 4.79 Å². The Morgan fingerprint density at radius 2 is 2.36 bits per heavy atom. The second kappa shape index (κ2) is 5.71. The van der Waals surface area contributed by atoms with Gasteiger partial charge in [0.25, 0.3) is 0 Å². The van der Waals surface area contributed by atoms with Crippen LogP contribution in [0.15, 0.2) is 24.3 Å². The van der Waals surface area contributed by atoms with Crippen molar-refractivity contribution in [1.29, 1.82) is 0 Å². The molecule has 0 aliphatic carbocycles. The van der Waals surface area contributed by atoms with Crippen LogP contribution in [0.4, 0.5) is 0 Å². The molecule has 0 aromatic rings. The minimum absolute atomic E-state index is 0.316. The number of hydrogen-bond acceptors (Lipinski definition) is 1. The number of amides is 1. The third-order valence-electron chi connectivity index (χ3n) is 1.52. The van der Waals surface area contributed by atoms with Crippen LogP contribution in [0.5, 0.6) is 0 Å². The van der Waals surface area contributed by atoms with E-state index >= 15 is 0 Å². The number of carbonyl (C=O) groups excluding carboxylic acids is 1. The van der Waals surface area contributed by atoms with Crippen molar-refractivity contribution >= 4 is 6.41 Å². The van der Waals surface area contributed by atoms with Gasteiger partial charge in [-0.1, -0.05) is 31.2 Å². The first-order valence-electron chi connectivity index (χ1n) is 3.71. The van der Waals surface area contributed by atoms with Gasteiger partial charge in [-0.25, -0.2) is 0 Å². The molecule has 0 saturated heterocycles. The van der Waals surface area contributed by atoms with Gasteiger partial charge in [0, 0.05) is 6.54 Å². The second-order valence-corrected chi connectivity index (χ2v) is 2.50. The highest BCUT2D eigenvalue weighted by Gasteiger charge is 2.01. The second-order valence-electron chi connectivity index (χ2n) is 2.50. The van der Waals surface area contributed by atoms with Gasteiger partial charge >= 0.3 is 0 Å². The van der Waals surface area contributed by atoms with E-state index in [0.29, 0.717) is 18.9 Å². The monoisotopic (exact) mass is 153 g/mol. The highest BCUT2D eigenvalue weighted by molar-refractivity contribution is 5.46. The van der Waals surface area contributed by atoms with Crippen molar-refractivity contribution in [3.8, 4) is 0 Å². The average molecular weight is 153 g/mol. The van der Waals surface area contributed by atoms with Gasteiger partial charge in [-0.2, -0.15) is 0 Å². The van der Waals surface area contributed by atoms with Crippen LogP contribution in [0.2, 0.25) is 0 Å². The molecule has 0 radical (unpaired) electrons. The van der Waals surface area contributed by atoms with E-state index in [1.54, 1.807) is 0 Å². The van der Waals surface area contributed by atoms with E-state index in [-0.39, 0.29) is 0 Å². The Kier molecular flexibility index (Phi) is 5.17. The van der Waals surface area contributed by atoms with Crippen LogP contribution in [-0.4, -0.2) is 13.0 Å². The van der Waals surface area contributed by atoms with E-state index in [1.807, 2.05) is 26.0 Å². The largest absolute Gasteiger partial charge is 0.358 e. The molecule has 0 rings (SSSR count). The Labute approximate surface area is 68.0 Å². The maximum Gasteiger partial charge on any atom is 0.207 e. The zero-order valence-corrected chi connectivity index (χ0v) is 7.13. The zero-order valence-electron chi connectivity index (χ0n) is 7.13. The Morgan fingerprint density at radius 3 is 2.82 bits per heavy atom. The standard InChI is InChI=1S/C9H15NO/c1-4-5-8(2)9(3)6-10-7-11/h4-5,7,9H,2,6H2,1,3H3,(H,10,11)/b5-4-. The lowest BCUT2D eigenvalue weighted by molar-refractivity contribution is -0.109. The molecule has 1 unspecified atom stereocenters. The third kappa shape index (κ3) is 4.37. The molecule has 0 fully saturated rings.